The second-order valence-corrected chi connectivity index (χ2v) is 7.14. The molecule has 2 aliphatic rings. The number of amides is 2. The summed E-state index contributed by atoms with van der Waals surface area (Å²) < 4.78 is 15.9. The molecule has 2 aromatic carbocycles. The van der Waals surface area contributed by atoms with Crippen LogP contribution < -0.4 is 15.1 Å². The SMILES string of the molecule is O=C(c1ccc2c(c1)OCO2)N1CCN(C(=O)c2cc3ccccc3oc2=O)CC1. The maximum atomic E-state index is 12.9. The molecule has 8 nitrogen and oxygen atoms in total. The summed E-state index contributed by atoms with van der Waals surface area (Å²) in [7, 11) is 0. The van der Waals surface area contributed by atoms with Crippen LogP contribution in [0.4, 0.5) is 0 Å². The van der Waals surface area contributed by atoms with Crippen LogP contribution in [-0.4, -0.2) is 54.6 Å². The molecule has 0 N–H and O–H groups in total. The van der Waals surface area contributed by atoms with E-state index in [1.54, 1.807) is 52.3 Å². The van der Waals surface area contributed by atoms with Gasteiger partial charge in [-0.1, -0.05) is 18.2 Å². The lowest BCUT2D eigenvalue weighted by atomic mass is 10.1. The van der Waals surface area contributed by atoms with Gasteiger partial charge < -0.3 is 23.7 Å². The smallest absolute Gasteiger partial charge is 0.349 e. The molecule has 5 rings (SSSR count). The van der Waals surface area contributed by atoms with Crippen LogP contribution in [0.5, 0.6) is 11.5 Å². The number of benzene rings is 2. The minimum absolute atomic E-state index is 0.00393. The summed E-state index contributed by atoms with van der Waals surface area (Å²) in [5.74, 6) is 0.657. The highest BCUT2D eigenvalue weighted by Crippen LogP contribution is 2.32. The number of hydrogen-bond donors (Lipinski definition) is 0. The van der Waals surface area contributed by atoms with Crippen molar-refractivity contribution in [1.29, 1.82) is 0 Å². The molecule has 0 aliphatic carbocycles. The number of nitrogens with zero attached hydrogens (tertiary/aromatic N) is 2. The molecule has 1 fully saturated rings. The fraction of sp³-hybridized carbons (Fsp3) is 0.227. The van der Waals surface area contributed by atoms with E-state index in [9.17, 15) is 14.4 Å². The Morgan fingerprint density at radius 3 is 2.30 bits per heavy atom. The van der Waals surface area contributed by atoms with E-state index in [0.717, 1.165) is 0 Å². The first-order valence-corrected chi connectivity index (χ1v) is 9.61. The predicted octanol–water partition coefficient (Wildman–Crippen LogP) is 2.12. The van der Waals surface area contributed by atoms with Crippen LogP contribution in [-0.2, 0) is 0 Å². The van der Waals surface area contributed by atoms with Gasteiger partial charge in [-0.05, 0) is 30.3 Å². The molecular weight excluding hydrogens is 388 g/mol. The van der Waals surface area contributed by atoms with Gasteiger partial charge in [-0.2, -0.15) is 0 Å². The number of hydrogen-bond acceptors (Lipinski definition) is 6. The van der Waals surface area contributed by atoms with Gasteiger partial charge in [0.05, 0.1) is 0 Å². The van der Waals surface area contributed by atoms with Gasteiger partial charge in [0.15, 0.2) is 11.5 Å². The molecule has 1 saturated heterocycles. The Balaban J connectivity index is 1.29. The number of piperazine rings is 1. The highest BCUT2D eigenvalue weighted by Gasteiger charge is 2.28. The lowest BCUT2D eigenvalue weighted by Gasteiger charge is -2.34. The lowest BCUT2D eigenvalue weighted by Crippen LogP contribution is -2.51. The highest BCUT2D eigenvalue weighted by molar-refractivity contribution is 5.97. The van der Waals surface area contributed by atoms with Crippen molar-refractivity contribution < 1.29 is 23.5 Å². The molecule has 3 heterocycles. The molecular formula is C22H18N2O6. The first kappa shape index (κ1) is 18.2. The topological polar surface area (TPSA) is 89.3 Å². The second-order valence-electron chi connectivity index (χ2n) is 7.14. The molecule has 2 amide bonds. The standard InChI is InChI=1S/C22H18N2O6/c25-20(15-5-6-18-19(12-15)29-13-28-18)23-7-9-24(10-8-23)21(26)16-11-14-3-1-2-4-17(14)30-22(16)27/h1-6,11-12H,7-10,13H2. The van der Waals surface area contributed by atoms with Gasteiger partial charge >= 0.3 is 5.63 Å². The maximum Gasteiger partial charge on any atom is 0.349 e. The van der Waals surface area contributed by atoms with Crippen molar-refractivity contribution in [3.63, 3.8) is 0 Å². The van der Waals surface area contributed by atoms with Gasteiger partial charge in [-0.25, -0.2) is 4.79 Å². The first-order valence-electron chi connectivity index (χ1n) is 9.61. The van der Waals surface area contributed by atoms with Crippen LogP contribution in [0.2, 0.25) is 0 Å². The Kier molecular flexibility index (Phi) is 4.39. The Labute approximate surface area is 171 Å². The zero-order valence-electron chi connectivity index (χ0n) is 16.0. The van der Waals surface area contributed by atoms with Crippen LogP contribution in [0.1, 0.15) is 20.7 Å². The summed E-state index contributed by atoms with van der Waals surface area (Å²) in [6.07, 6.45) is 0. The molecule has 0 atom stereocenters. The molecule has 2 aliphatic heterocycles. The van der Waals surface area contributed by atoms with Crippen LogP contribution in [0.25, 0.3) is 11.0 Å². The first-order chi connectivity index (χ1) is 14.6. The molecule has 8 heteroatoms. The van der Waals surface area contributed by atoms with E-state index in [-0.39, 0.29) is 24.2 Å². The van der Waals surface area contributed by atoms with E-state index in [4.69, 9.17) is 13.9 Å². The molecule has 30 heavy (non-hydrogen) atoms. The number of rotatable bonds is 2. The van der Waals surface area contributed by atoms with Gasteiger partial charge in [-0.15, -0.1) is 0 Å². The molecule has 3 aromatic rings. The summed E-state index contributed by atoms with van der Waals surface area (Å²) in [4.78, 5) is 41.2. The quantitative estimate of drug-likeness (QED) is 0.606. The van der Waals surface area contributed by atoms with E-state index in [1.165, 1.54) is 0 Å². The van der Waals surface area contributed by atoms with Gasteiger partial charge in [0.2, 0.25) is 6.79 Å². The normalized spacial score (nSPS) is 15.5. The van der Waals surface area contributed by atoms with Crippen molar-refractivity contribution in [2.24, 2.45) is 0 Å². The minimum Gasteiger partial charge on any atom is -0.454 e. The summed E-state index contributed by atoms with van der Waals surface area (Å²) in [6, 6.07) is 13.7. The summed E-state index contributed by atoms with van der Waals surface area (Å²) in [5, 5.41) is 0.692. The lowest BCUT2D eigenvalue weighted by molar-refractivity contribution is 0.0533. The van der Waals surface area contributed by atoms with Crippen molar-refractivity contribution in [2.45, 2.75) is 0 Å². The van der Waals surface area contributed by atoms with Crippen molar-refractivity contribution in [3.8, 4) is 11.5 Å². The van der Waals surface area contributed by atoms with Crippen molar-refractivity contribution in [2.75, 3.05) is 33.0 Å². The van der Waals surface area contributed by atoms with Crippen LogP contribution in [0.15, 0.2) is 57.7 Å². The number of carbonyl (C=O) groups excluding carboxylic acids is 2. The second kappa shape index (κ2) is 7.22. The Morgan fingerprint density at radius 2 is 1.50 bits per heavy atom. The number of ether oxygens (including phenoxy) is 2. The molecule has 0 unspecified atom stereocenters. The Bertz CT molecular complexity index is 1210. The van der Waals surface area contributed by atoms with E-state index >= 15 is 0 Å². The minimum atomic E-state index is -0.655. The number of fused-ring (bicyclic) bond motifs is 2. The Morgan fingerprint density at radius 1 is 0.800 bits per heavy atom. The zero-order valence-corrected chi connectivity index (χ0v) is 16.0. The highest BCUT2D eigenvalue weighted by atomic mass is 16.7. The molecule has 0 saturated carbocycles. The summed E-state index contributed by atoms with van der Waals surface area (Å²) in [5.41, 5.74) is 0.300. The molecule has 1 aromatic heterocycles. The van der Waals surface area contributed by atoms with Crippen LogP contribution >= 0.6 is 0 Å². The largest absolute Gasteiger partial charge is 0.454 e. The number of para-hydroxylation sites is 1. The van der Waals surface area contributed by atoms with Crippen molar-refractivity contribution in [1.82, 2.24) is 9.80 Å². The summed E-state index contributed by atoms with van der Waals surface area (Å²) in [6.45, 7) is 1.56. The molecule has 0 bridgehead atoms. The van der Waals surface area contributed by atoms with Crippen LogP contribution in [0.3, 0.4) is 0 Å². The van der Waals surface area contributed by atoms with E-state index in [0.29, 0.717) is 54.2 Å². The van der Waals surface area contributed by atoms with E-state index < -0.39 is 5.63 Å². The van der Waals surface area contributed by atoms with Gasteiger partial charge in [0.25, 0.3) is 11.8 Å². The molecule has 0 radical (unpaired) electrons. The van der Waals surface area contributed by atoms with E-state index in [2.05, 4.69) is 0 Å². The third-order valence-corrected chi connectivity index (χ3v) is 5.35. The van der Waals surface area contributed by atoms with E-state index in [1.807, 2.05) is 6.07 Å². The maximum absolute atomic E-state index is 12.9. The monoisotopic (exact) mass is 406 g/mol. The predicted molar refractivity (Wildman–Crippen MR) is 107 cm³/mol. The van der Waals surface area contributed by atoms with Crippen molar-refractivity contribution in [3.05, 3.63) is 70.1 Å². The fourth-order valence-corrected chi connectivity index (χ4v) is 3.71. The average Bonchev–Trinajstić information content (AvgIpc) is 3.26. The Hall–Kier alpha value is -3.81. The third-order valence-electron chi connectivity index (χ3n) is 5.35. The van der Waals surface area contributed by atoms with Gasteiger partial charge in [0, 0.05) is 37.1 Å². The van der Waals surface area contributed by atoms with Gasteiger partial charge in [0.1, 0.15) is 11.1 Å². The molecule has 0 spiro atoms. The average molecular weight is 406 g/mol. The summed E-state index contributed by atoms with van der Waals surface area (Å²) >= 11 is 0. The van der Waals surface area contributed by atoms with Crippen molar-refractivity contribution >= 4 is 22.8 Å². The van der Waals surface area contributed by atoms with Gasteiger partial charge in [-0.3, -0.25) is 9.59 Å². The number of carbonyl (C=O) groups is 2. The fourth-order valence-electron chi connectivity index (χ4n) is 3.71. The zero-order chi connectivity index (χ0) is 20.7. The third kappa shape index (κ3) is 3.16. The molecule has 152 valence electrons. The van der Waals surface area contributed by atoms with Crippen LogP contribution in [0, 0.1) is 0 Å².